The van der Waals surface area contributed by atoms with Crippen molar-refractivity contribution >= 4 is 11.9 Å². The van der Waals surface area contributed by atoms with Gasteiger partial charge >= 0.3 is 5.97 Å². The Balaban J connectivity index is 2.31. The van der Waals surface area contributed by atoms with Crippen LogP contribution in [-0.2, 0) is 4.74 Å². The van der Waals surface area contributed by atoms with Crippen molar-refractivity contribution in [1.29, 1.82) is 0 Å². The number of carboxylic acids is 1. The lowest BCUT2D eigenvalue weighted by Crippen LogP contribution is -2.37. The van der Waals surface area contributed by atoms with Gasteiger partial charge in [0.05, 0.1) is 20.3 Å². The topological polar surface area (TPSA) is 84.8 Å². The molecule has 2 rings (SSSR count). The molecule has 0 unspecified atom stereocenters. The summed E-state index contributed by atoms with van der Waals surface area (Å²) in [6, 6.07) is 1.30. The van der Waals surface area contributed by atoms with Gasteiger partial charge in [0.25, 0.3) is 0 Å². The Morgan fingerprint density at radius 2 is 2.18 bits per heavy atom. The van der Waals surface area contributed by atoms with Gasteiger partial charge in [-0.2, -0.15) is 4.98 Å². The molecule has 1 aliphatic heterocycles. The van der Waals surface area contributed by atoms with Crippen LogP contribution < -0.4 is 9.64 Å². The minimum Gasteiger partial charge on any atom is -0.481 e. The third-order valence-electron chi connectivity index (χ3n) is 2.41. The molecule has 0 atom stereocenters. The average Bonchev–Trinajstić information content (AvgIpc) is 2.39. The van der Waals surface area contributed by atoms with Gasteiger partial charge in [-0.1, -0.05) is 0 Å². The Morgan fingerprint density at radius 1 is 1.47 bits per heavy atom. The smallest absolute Gasteiger partial charge is 0.354 e. The molecule has 1 saturated heterocycles. The molecular weight excluding hydrogens is 226 g/mol. The predicted molar refractivity (Wildman–Crippen MR) is 58.6 cm³/mol. The average molecular weight is 239 g/mol. The molecule has 1 aliphatic rings. The van der Waals surface area contributed by atoms with Crippen LogP contribution in [0.3, 0.4) is 0 Å². The molecular formula is C10H13N3O4. The van der Waals surface area contributed by atoms with Crippen molar-refractivity contribution in [2.75, 3.05) is 38.3 Å². The predicted octanol–water partition coefficient (Wildman–Crippen LogP) is 0.0200. The van der Waals surface area contributed by atoms with Gasteiger partial charge in [-0.05, 0) is 0 Å². The van der Waals surface area contributed by atoms with Gasteiger partial charge < -0.3 is 19.5 Å². The number of ether oxygens (including phenoxy) is 2. The van der Waals surface area contributed by atoms with E-state index in [0.29, 0.717) is 32.3 Å². The van der Waals surface area contributed by atoms with E-state index in [1.54, 1.807) is 0 Å². The molecule has 0 saturated carbocycles. The van der Waals surface area contributed by atoms with Crippen molar-refractivity contribution in [3.8, 4) is 5.88 Å². The molecule has 1 aromatic heterocycles. The Kier molecular flexibility index (Phi) is 3.38. The number of carboxylic acid groups (broad SMARTS) is 1. The van der Waals surface area contributed by atoms with E-state index in [1.807, 2.05) is 4.90 Å². The first-order valence-corrected chi connectivity index (χ1v) is 5.20. The molecule has 2 heterocycles. The lowest BCUT2D eigenvalue weighted by atomic mass is 10.4. The lowest BCUT2D eigenvalue weighted by molar-refractivity contribution is 0.0689. The maximum atomic E-state index is 10.9. The highest BCUT2D eigenvalue weighted by atomic mass is 16.5. The maximum absolute atomic E-state index is 10.9. The second-order valence-electron chi connectivity index (χ2n) is 3.50. The van der Waals surface area contributed by atoms with E-state index in [0.717, 1.165) is 0 Å². The summed E-state index contributed by atoms with van der Waals surface area (Å²) in [6.07, 6.45) is 0. The van der Waals surface area contributed by atoms with Crippen molar-refractivity contribution in [3.63, 3.8) is 0 Å². The Morgan fingerprint density at radius 3 is 2.76 bits per heavy atom. The van der Waals surface area contributed by atoms with E-state index in [9.17, 15) is 4.79 Å². The number of morpholine rings is 1. The summed E-state index contributed by atoms with van der Waals surface area (Å²) in [5, 5.41) is 8.94. The molecule has 1 N–H and O–H groups in total. The van der Waals surface area contributed by atoms with E-state index in [4.69, 9.17) is 14.6 Å². The van der Waals surface area contributed by atoms with E-state index < -0.39 is 5.97 Å². The largest absolute Gasteiger partial charge is 0.481 e. The van der Waals surface area contributed by atoms with Gasteiger partial charge in [-0.25, -0.2) is 9.78 Å². The van der Waals surface area contributed by atoms with Gasteiger partial charge in [-0.3, -0.25) is 0 Å². The van der Waals surface area contributed by atoms with E-state index in [-0.39, 0.29) is 11.6 Å². The van der Waals surface area contributed by atoms with Gasteiger partial charge in [-0.15, -0.1) is 0 Å². The molecule has 7 heteroatoms. The normalized spacial score (nSPS) is 15.7. The van der Waals surface area contributed by atoms with Crippen LogP contribution in [0.5, 0.6) is 5.88 Å². The van der Waals surface area contributed by atoms with Crippen LogP contribution >= 0.6 is 0 Å². The molecule has 0 radical (unpaired) electrons. The monoisotopic (exact) mass is 239 g/mol. The molecule has 1 fully saturated rings. The number of aromatic carboxylic acids is 1. The van der Waals surface area contributed by atoms with Crippen LogP contribution in [-0.4, -0.2) is 54.5 Å². The highest BCUT2D eigenvalue weighted by molar-refractivity contribution is 5.86. The summed E-state index contributed by atoms with van der Waals surface area (Å²) in [5.74, 6) is -0.482. The number of carbonyl (C=O) groups is 1. The fourth-order valence-corrected chi connectivity index (χ4v) is 1.53. The van der Waals surface area contributed by atoms with E-state index >= 15 is 0 Å². The number of aromatic nitrogens is 2. The Labute approximate surface area is 98.0 Å². The van der Waals surface area contributed by atoms with E-state index in [2.05, 4.69) is 9.97 Å². The molecule has 0 amide bonds. The highest BCUT2D eigenvalue weighted by Gasteiger charge is 2.17. The number of anilines is 1. The second kappa shape index (κ2) is 4.96. The SMILES string of the molecule is COc1cc(C(=O)O)nc(N2CCOCC2)n1. The summed E-state index contributed by atoms with van der Waals surface area (Å²) in [7, 11) is 1.44. The van der Waals surface area contributed by atoms with Gasteiger partial charge in [0.15, 0.2) is 5.69 Å². The minimum absolute atomic E-state index is 0.0710. The molecule has 0 aliphatic carbocycles. The molecule has 17 heavy (non-hydrogen) atoms. The number of hydrogen-bond donors (Lipinski definition) is 1. The summed E-state index contributed by atoms with van der Waals surface area (Å²) in [4.78, 5) is 20.9. The van der Waals surface area contributed by atoms with Crippen molar-refractivity contribution in [3.05, 3.63) is 11.8 Å². The maximum Gasteiger partial charge on any atom is 0.354 e. The summed E-state index contributed by atoms with van der Waals surface area (Å²) < 4.78 is 10.2. The van der Waals surface area contributed by atoms with Gasteiger partial charge in [0.2, 0.25) is 11.8 Å². The Hall–Kier alpha value is -1.89. The van der Waals surface area contributed by atoms with Crippen LogP contribution in [0, 0.1) is 0 Å². The fourth-order valence-electron chi connectivity index (χ4n) is 1.53. The molecule has 0 spiro atoms. The zero-order valence-electron chi connectivity index (χ0n) is 9.42. The summed E-state index contributed by atoms with van der Waals surface area (Å²) in [6.45, 7) is 2.46. The number of rotatable bonds is 3. The van der Waals surface area contributed by atoms with E-state index in [1.165, 1.54) is 13.2 Å². The van der Waals surface area contributed by atoms with Crippen LogP contribution in [0.1, 0.15) is 10.5 Å². The minimum atomic E-state index is -1.10. The first-order valence-electron chi connectivity index (χ1n) is 5.20. The third-order valence-corrected chi connectivity index (χ3v) is 2.41. The lowest BCUT2D eigenvalue weighted by Gasteiger charge is -2.26. The molecule has 0 aromatic carbocycles. The van der Waals surface area contributed by atoms with Crippen LogP contribution in [0.25, 0.3) is 0 Å². The first-order chi connectivity index (χ1) is 8.20. The van der Waals surface area contributed by atoms with Crippen molar-refractivity contribution in [1.82, 2.24) is 9.97 Å². The first kappa shape index (κ1) is 11.6. The molecule has 7 nitrogen and oxygen atoms in total. The van der Waals surface area contributed by atoms with Crippen molar-refractivity contribution in [2.24, 2.45) is 0 Å². The Bertz CT molecular complexity index is 418. The van der Waals surface area contributed by atoms with Crippen molar-refractivity contribution < 1.29 is 19.4 Å². The zero-order chi connectivity index (χ0) is 12.3. The standard InChI is InChI=1S/C10H13N3O4/c1-16-8-6-7(9(14)15)11-10(12-8)13-2-4-17-5-3-13/h6H,2-5H2,1H3,(H,14,15). The van der Waals surface area contributed by atoms with Crippen LogP contribution in [0.4, 0.5) is 5.95 Å². The zero-order valence-corrected chi connectivity index (χ0v) is 9.42. The number of methoxy groups -OCH3 is 1. The third kappa shape index (κ3) is 2.62. The quantitative estimate of drug-likeness (QED) is 0.795. The summed E-state index contributed by atoms with van der Waals surface area (Å²) >= 11 is 0. The van der Waals surface area contributed by atoms with Crippen LogP contribution in [0.2, 0.25) is 0 Å². The van der Waals surface area contributed by atoms with Gasteiger partial charge in [0.1, 0.15) is 0 Å². The molecule has 1 aromatic rings. The van der Waals surface area contributed by atoms with Crippen molar-refractivity contribution in [2.45, 2.75) is 0 Å². The molecule has 0 bridgehead atoms. The number of nitrogens with zero attached hydrogens (tertiary/aromatic N) is 3. The number of hydrogen-bond acceptors (Lipinski definition) is 6. The van der Waals surface area contributed by atoms with Gasteiger partial charge in [0, 0.05) is 19.2 Å². The highest BCUT2D eigenvalue weighted by Crippen LogP contribution is 2.16. The molecule has 92 valence electrons. The fraction of sp³-hybridized carbons (Fsp3) is 0.500. The van der Waals surface area contributed by atoms with Crippen LogP contribution in [0.15, 0.2) is 6.07 Å². The second-order valence-corrected chi connectivity index (χ2v) is 3.50. The summed E-state index contributed by atoms with van der Waals surface area (Å²) in [5.41, 5.74) is -0.0710.